The molecule has 0 spiro atoms. The van der Waals surface area contributed by atoms with E-state index in [4.69, 9.17) is 14.2 Å². The van der Waals surface area contributed by atoms with Crippen LogP contribution in [0.5, 0.6) is 11.5 Å². The summed E-state index contributed by atoms with van der Waals surface area (Å²) in [7, 11) is 4.70. The van der Waals surface area contributed by atoms with E-state index in [-0.39, 0.29) is 23.7 Å². The summed E-state index contributed by atoms with van der Waals surface area (Å²) in [4.78, 5) is 27.9. The Bertz CT molecular complexity index is 887. The van der Waals surface area contributed by atoms with E-state index in [1.807, 2.05) is 18.2 Å². The molecule has 7 heteroatoms. The van der Waals surface area contributed by atoms with Crippen molar-refractivity contribution in [2.24, 2.45) is 5.92 Å². The molecule has 1 saturated heterocycles. The molecule has 1 heterocycles. The largest absolute Gasteiger partial charge is 0.493 e. The Morgan fingerprint density at radius 3 is 2.42 bits per heavy atom. The van der Waals surface area contributed by atoms with Crippen LogP contribution in [0.2, 0.25) is 0 Å². The van der Waals surface area contributed by atoms with Crippen LogP contribution in [0.25, 0.3) is 0 Å². The monoisotopic (exact) mass is 426 g/mol. The van der Waals surface area contributed by atoms with Gasteiger partial charge in [-0.15, -0.1) is 0 Å². The number of carbonyl (C=O) groups is 2. The first-order chi connectivity index (χ1) is 15.1. The van der Waals surface area contributed by atoms with Gasteiger partial charge in [-0.3, -0.25) is 9.59 Å². The summed E-state index contributed by atoms with van der Waals surface area (Å²) in [6, 6.07) is 15.2. The van der Waals surface area contributed by atoms with Gasteiger partial charge in [0.1, 0.15) is 0 Å². The molecule has 2 atom stereocenters. The highest BCUT2D eigenvalue weighted by atomic mass is 16.5. The summed E-state index contributed by atoms with van der Waals surface area (Å²) < 4.78 is 15.6. The smallest absolute Gasteiger partial charge is 0.254 e. The highest BCUT2D eigenvalue weighted by Crippen LogP contribution is 2.33. The van der Waals surface area contributed by atoms with E-state index in [0.29, 0.717) is 49.7 Å². The van der Waals surface area contributed by atoms with Gasteiger partial charge in [0, 0.05) is 38.2 Å². The van der Waals surface area contributed by atoms with Crippen LogP contribution in [-0.4, -0.2) is 64.3 Å². The molecule has 166 valence electrons. The molecule has 7 nitrogen and oxygen atoms in total. The minimum Gasteiger partial charge on any atom is -0.493 e. The van der Waals surface area contributed by atoms with Crippen LogP contribution in [-0.2, 0) is 9.53 Å². The van der Waals surface area contributed by atoms with Crippen molar-refractivity contribution in [1.82, 2.24) is 10.2 Å². The third kappa shape index (κ3) is 5.55. The van der Waals surface area contributed by atoms with Crippen LogP contribution >= 0.6 is 0 Å². The van der Waals surface area contributed by atoms with Gasteiger partial charge in [-0.05, 0) is 30.2 Å². The number of amides is 2. The number of piperidine rings is 1. The molecule has 0 aliphatic carbocycles. The van der Waals surface area contributed by atoms with Crippen molar-refractivity contribution < 1.29 is 23.8 Å². The van der Waals surface area contributed by atoms with Gasteiger partial charge in [-0.2, -0.15) is 0 Å². The maximum Gasteiger partial charge on any atom is 0.254 e. The zero-order valence-electron chi connectivity index (χ0n) is 18.3. The van der Waals surface area contributed by atoms with Crippen molar-refractivity contribution >= 4 is 11.8 Å². The molecule has 2 amide bonds. The lowest BCUT2D eigenvalue weighted by molar-refractivity contribution is -0.126. The molecule has 1 fully saturated rings. The van der Waals surface area contributed by atoms with Gasteiger partial charge >= 0.3 is 0 Å². The quantitative estimate of drug-likeness (QED) is 0.657. The first-order valence-corrected chi connectivity index (χ1v) is 10.4. The summed E-state index contributed by atoms with van der Waals surface area (Å²) in [5.41, 5.74) is 1.63. The predicted molar refractivity (Wildman–Crippen MR) is 118 cm³/mol. The molecule has 2 aromatic carbocycles. The molecule has 0 bridgehead atoms. The molecule has 0 saturated carbocycles. The highest BCUT2D eigenvalue weighted by Gasteiger charge is 2.35. The number of hydrogen-bond donors (Lipinski definition) is 1. The summed E-state index contributed by atoms with van der Waals surface area (Å²) >= 11 is 0. The number of benzene rings is 2. The zero-order valence-corrected chi connectivity index (χ0v) is 18.3. The van der Waals surface area contributed by atoms with E-state index in [9.17, 15) is 9.59 Å². The Hall–Kier alpha value is -3.06. The normalized spacial score (nSPS) is 18.4. The van der Waals surface area contributed by atoms with E-state index in [0.717, 1.165) is 5.56 Å². The lowest BCUT2D eigenvalue weighted by Crippen LogP contribution is -2.48. The molecule has 3 rings (SSSR count). The lowest BCUT2D eigenvalue weighted by atomic mass is 9.83. The Labute approximate surface area is 183 Å². The molecule has 0 unspecified atom stereocenters. The molecule has 1 aliphatic heterocycles. The average molecular weight is 427 g/mol. The van der Waals surface area contributed by atoms with Gasteiger partial charge in [0.2, 0.25) is 5.91 Å². The second kappa shape index (κ2) is 10.8. The zero-order chi connectivity index (χ0) is 22.2. The van der Waals surface area contributed by atoms with Gasteiger partial charge in [-0.1, -0.05) is 30.3 Å². The van der Waals surface area contributed by atoms with E-state index < -0.39 is 0 Å². The fourth-order valence-electron chi connectivity index (χ4n) is 3.99. The van der Waals surface area contributed by atoms with Gasteiger partial charge in [0.25, 0.3) is 5.91 Å². The number of likely N-dealkylation sites (tertiary alicyclic amines) is 1. The van der Waals surface area contributed by atoms with Crippen LogP contribution in [0.3, 0.4) is 0 Å². The fraction of sp³-hybridized carbons (Fsp3) is 0.417. The number of nitrogens with one attached hydrogen (secondary N) is 1. The van der Waals surface area contributed by atoms with Crippen LogP contribution < -0.4 is 14.8 Å². The minimum absolute atomic E-state index is 0.0530. The summed E-state index contributed by atoms with van der Waals surface area (Å²) in [6.45, 7) is 1.83. The number of carbonyl (C=O) groups excluding carboxylic acids is 2. The third-order valence-corrected chi connectivity index (χ3v) is 5.62. The van der Waals surface area contributed by atoms with Gasteiger partial charge < -0.3 is 24.4 Å². The van der Waals surface area contributed by atoms with Gasteiger partial charge in [0.15, 0.2) is 11.5 Å². The molecule has 0 radical (unpaired) electrons. The Kier molecular flexibility index (Phi) is 7.89. The van der Waals surface area contributed by atoms with E-state index in [1.54, 1.807) is 44.4 Å². The highest BCUT2D eigenvalue weighted by molar-refractivity contribution is 5.95. The summed E-state index contributed by atoms with van der Waals surface area (Å²) in [6.07, 6.45) is 0.693. The fourth-order valence-corrected chi connectivity index (χ4v) is 3.99. The lowest BCUT2D eigenvalue weighted by Gasteiger charge is -2.37. The van der Waals surface area contributed by atoms with Gasteiger partial charge in [-0.25, -0.2) is 0 Å². The van der Waals surface area contributed by atoms with Crippen LogP contribution in [0.4, 0.5) is 0 Å². The number of methoxy groups -OCH3 is 3. The SMILES string of the molecule is COCCNC(=O)[C@@H]1C[C@@H](c2ccccc2)CN(C(=O)c2ccc(OC)c(OC)c2)C1. The molecule has 1 N–H and O–H groups in total. The molecule has 2 aromatic rings. The van der Waals surface area contributed by atoms with Crippen LogP contribution in [0.15, 0.2) is 48.5 Å². The Balaban J connectivity index is 1.83. The average Bonchev–Trinajstić information content (AvgIpc) is 2.83. The number of nitrogens with zero attached hydrogens (tertiary/aromatic N) is 1. The molecular weight excluding hydrogens is 396 g/mol. The van der Waals surface area contributed by atoms with Crippen molar-refractivity contribution in [2.45, 2.75) is 12.3 Å². The van der Waals surface area contributed by atoms with Gasteiger partial charge in [0.05, 0.1) is 26.7 Å². The molecule has 0 aromatic heterocycles. The first-order valence-electron chi connectivity index (χ1n) is 10.4. The number of ether oxygens (including phenoxy) is 3. The van der Waals surface area contributed by atoms with Crippen LogP contribution in [0.1, 0.15) is 28.3 Å². The Morgan fingerprint density at radius 2 is 1.74 bits per heavy atom. The van der Waals surface area contributed by atoms with Crippen molar-refractivity contribution in [3.63, 3.8) is 0 Å². The third-order valence-electron chi connectivity index (χ3n) is 5.62. The van der Waals surface area contributed by atoms with E-state index in [2.05, 4.69) is 17.4 Å². The molecular formula is C24H30N2O5. The maximum atomic E-state index is 13.4. The summed E-state index contributed by atoms with van der Waals surface area (Å²) in [5, 5.41) is 2.92. The van der Waals surface area contributed by atoms with Crippen LogP contribution in [0, 0.1) is 5.92 Å². The predicted octanol–water partition coefficient (Wildman–Crippen LogP) is 2.71. The summed E-state index contributed by atoms with van der Waals surface area (Å²) in [5.74, 6) is 0.672. The maximum absolute atomic E-state index is 13.4. The van der Waals surface area contributed by atoms with Crippen molar-refractivity contribution in [1.29, 1.82) is 0 Å². The topological polar surface area (TPSA) is 77.1 Å². The standard InChI is InChI=1S/C24H30N2O5/c1-29-12-11-25-23(27)20-13-19(17-7-5-4-6-8-17)15-26(16-20)24(28)18-9-10-21(30-2)22(14-18)31-3/h4-10,14,19-20H,11-13,15-16H2,1-3H3,(H,25,27)/t19-,20-/m1/s1. The second-order valence-corrected chi connectivity index (χ2v) is 7.60. The van der Waals surface area contributed by atoms with Crippen molar-refractivity contribution in [3.05, 3.63) is 59.7 Å². The number of rotatable bonds is 8. The molecule has 1 aliphatic rings. The van der Waals surface area contributed by atoms with E-state index in [1.165, 1.54) is 0 Å². The molecule has 31 heavy (non-hydrogen) atoms. The first kappa shape index (κ1) is 22.6. The second-order valence-electron chi connectivity index (χ2n) is 7.60. The van der Waals surface area contributed by atoms with Crippen molar-refractivity contribution in [2.75, 3.05) is 47.6 Å². The number of hydrogen-bond acceptors (Lipinski definition) is 5. The Morgan fingerprint density at radius 1 is 1.00 bits per heavy atom. The van der Waals surface area contributed by atoms with E-state index >= 15 is 0 Å². The van der Waals surface area contributed by atoms with Crippen molar-refractivity contribution in [3.8, 4) is 11.5 Å². The minimum atomic E-state index is -0.292.